The van der Waals surface area contributed by atoms with Crippen LogP contribution in [0.1, 0.15) is 25.7 Å². The van der Waals surface area contributed by atoms with E-state index in [1.165, 1.54) is 12.8 Å². The number of halogens is 2. The summed E-state index contributed by atoms with van der Waals surface area (Å²) in [5, 5.41) is 7.28. The molecule has 2 aliphatic rings. The first-order valence-electron chi connectivity index (χ1n) is 8.81. The minimum Gasteiger partial charge on any atom is -0.355 e. The second kappa shape index (κ2) is 8.39. The van der Waals surface area contributed by atoms with Gasteiger partial charge in [-0.1, -0.05) is 23.2 Å². The highest BCUT2D eigenvalue weighted by Crippen LogP contribution is 2.33. The van der Waals surface area contributed by atoms with E-state index >= 15 is 0 Å². The molecule has 0 spiro atoms. The molecule has 136 valence electrons. The van der Waals surface area contributed by atoms with E-state index in [0.29, 0.717) is 41.2 Å². The largest absolute Gasteiger partial charge is 0.355 e. The zero-order valence-electron chi connectivity index (χ0n) is 14.1. The van der Waals surface area contributed by atoms with Crippen LogP contribution in [0, 0.1) is 11.8 Å². The van der Waals surface area contributed by atoms with Crippen molar-refractivity contribution in [3.8, 4) is 0 Å². The Morgan fingerprint density at radius 3 is 2.92 bits per heavy atom. The Kier molecular flexibility index (Phi) is 6.20. The number of rotatable bonds is 5. The Labute approximate surface area is 158 Å². The van der Waals surface area contributed by atoms with E-state index < -0.39 is 5.92 Å². The fourth-order valence-electron chi connectivity index (χ4n) is 3.55. The Bertz CT molecular complexity index is 647. The van der Waals surface area contributed by atoms with E-state index in [9.17, 15) is 9.59 Å². The second-order valence-electron chi connectivity index (χ2n) is 6.72. The number of carbonyl (C=O) groups is 2. The smallest absolute Gasteiger partial charge is 0.239 e. The molecule has 0 saturated carbocycles. The summed E-state index contributed by atoms with van der Waals surface area (Å²) < 4.78 is 0. The van der Waals surface area contributed by atoms with Gasteiger partial charge >= 0.3 is 0 Å². The van der Waals surface area contributed by atoms with Crippen LogP contribution in [-0.4, -0.2) is 38.0 Å². The van der Waals surface area contributed by atoms with Crippen LogP contribution < -0.4 is 15.5 Å². The zero-order chi connectivity index (χ0) is 17.8. The summed E-state index contributed by atoms with van der Waals surface area (Å²) >= 11 is 12.2. The number of anilines is 1. The van der Waals surface area contributed by atoms with E-state index in [0.717, 1.165) is 19.5 Å². The number of carbonyl (C=O) groups excluding carboxylic acids is 2. The summed E-state index contributed by atoms with van der Waals surface area (Å²) in [4.78, 5) is 26.6. The molecule has 2 unspecified atom stereocenters. The third kappa shape index (κ3) is 4.46. The number of nitrogens with one attached hydrogen (secondary N) is 2. The number of hydrogen-bond acceptors (Lipinski definition) is 3. The molecule has 7 heteroatoms. The third-order valence-corrected chi connectivity index (χ3v) is 5.53. The van der Waals surface area contributed by atoms with Crippen molar-refractivity contribution in [2.24, 2.45) is 11.8 Å². The van der Waals surface area contributed by atoms with Crippen molar-refractivity contribution in [1.82, 2.24) is 10.6 Å². The standard InChI is InChI=1S/C18H23Cl2N3O2/c19-13-3-4-15(20)16(10-13)23-9-6-14(18(23)25)17(24)22-8-5-12-2-1-7-21-11-12/h3-4,10,12,14,21H,1-2,5-9,11H2,(H,22,24). The first-order valence-corrected chi connectivity index (χ1v) is 9.56. The molecule has 0 radical (unpaired) electrons. The molecule has 2 saturated heterocycles. The van der Waals surface area contributed by atoms with Crippen molar-refractivity contribution < 1.29 is 9.59 Å². The van der Waals surface area contributed by atoms with Gasteiger partial charge in [0, 0.05) is 18.1 Å². The lowest BCUT2D eigenvalue weighted by Crippen LogP contribution is -2.38. The van der Waals surface area contributed by atoms with E-state index in [1.54, 1.807) is 23.1 Å². The third-order valence-electron chi connectivity index (χ3n) is 4.97. The van der Waals surface area contributed by atoms with Crippen molar-refractivity contribution in [2.45, 2.75) is 25.7 Å². The van der Waals surface area contributed by atoms with E-state index in [1.807, 2.05) is 0 Å². The molecule has 25 heavy (non-hydrogen) atoms. The minimum atomic E-state index is -0.639. The normalized spacial score (nSPS) is 23.8. The maximum Gasteiger partial charge on any atom is 0.239 e. The van der Waals surface area contributed by atoms with Crippen LogP contribution in [0.3, 0.4) is 0 Å². The summed E-state index contributed by atoms with van der Waals surface area (Å²) in [6.45, 7) is 3.19. The summed E-state index contributed by atoms with van der Waals surface area (Å²) in [6, 6.07) is 5.01. The topological polar surface area (TPSA) is 61.4 Å². The molecule has 0 aliphatic carbocycles. The summed E-state index contributed by atoms with van der Waals surface area (Å²) in [5.74, 6) is -0.426. The van der Waals surface area contributed by atoms with Gasteiger partial charge in [0.2, 0.25) is 11.8 Å². The molecule has 2 N–H and O–H groups in total. The van der Waals surface area contributed by atoms with Gasteiger partial charge in [0.1, 0.15) is 5.92 Å². The Hall–Kier alpha value is -1.30. The maximum absolute atomic E-state index is 12.6. The molecule has 1 aromatic rings. The Morgan fingerprint density at radius 2 is 2.16 bits per heavy atom. The number of piperidine rings is 1. The summed E-state index contributed by atoms with van der Waals surface area (Å²) in [5.41, 5.74) is 0.572. The molecular weight excluding hydrogens is 361 g/mol. The van der Waals surface area contributed by atoms with Gasteiger partial charge in [-0.2, -0.15) is 0 Å². The lowest BCUT2D eigenvalue weighted by atomic mass is 9.96. The Morgan fingerprint density at radius 1 is 1.32 bits per heavy atom. The molecule has 1 aromatic carbocycles. The highest BCUT2D eigenvalue weighted by molar-refractivity contribution is 6.36. The van der Waals surface area contributed by atoms with Crippen LogP contribution in [0.2, 0.25) is 10.0 Å². The van der Waals surface area contributed by atoms with Crippen LogP contribution in [0.5, 0.6) is 0 Å². The van der Waals surface area contributed by atoms with Crippen LogP contribution in [-0.2, 0) is 9.59 Å². The average Bonchev–Trinajstić information content (AvgIpc) is 2.99. The number of benzene rings is 1. The zero-order valence-corrected chi connectivity index (χ0v) is 15.6. The average molecular weight is 384 g/mol. The van der Waals surface area contributed by atoms with Crippen molar-refractivity contribution in [1.29, 1.82) is 0 Å². The molecule has 3 rings (SSSR count). The molecule has 2 aliphatic heterocycles. The highest BCUT2D eigenvalue weighted by Gasteiger charge is 2.38. The molecule has 2 fully saturated rings. The minimum absolute atomic E-state index is 0.186. The molecule has 2 atom stereocenters. The SMILES string of the molecule is O=C(NCCC1CCCNC1)C1CCN(c2cc(Cl)ccc2Cl)C1=O. The van der Waals surface area contributed by atoms with Crippen molar-refractivity contribution in [3.05, 3.63) is 28.2 Å². The van der Waals surface area contributed by atoms with E-state index in [2.05, 4.69) is 10.6 Å². The van der Waals surface area contributed by atoms with Gasteiger partial charge < -0.3 is 15.5 Å². The van der Waals surface area contributed by atoms with Crippen molar-refractivity contribution >= 4 is 40.7 Å². The van der Waals surface area contributed by atoms with E-state index in [4.69, 9.17) is 23.2 Å². The fraction of sp³-hybridized carbons (Fsp3) is 0.556. The van der Waals surface area contributed by atoms with Crippen molar-refractivity contribution in [2.75, 3.05) is 31.1 Å². The van der Waals surface area contributed by atoms with Crippen molar-refractivity contribution in [3.63, 3.8) is 0 Å². The van der Waals surface area contributed by atoms with Gasteiger partial charge in [-0.3, -0.25) is 9.59 Å². The maximum atomic E-state index is 12.6. The first-order chi connectivity index (χ1) is 12.1. The molecular formula is C18H23Cl2N3O2. The van der Waals surface area contributed by atoms with Gasteiger partial charge in [-0.05, 0) is 62.9 Å². The van der Waals surface area contributed by atoms with Gasteiger partial charge in [0.05, 0.1) is 10.7 Å². The monoisotopic (exact) mass is 383 g/mol. The van der Waals surface area contributed by atoms with Crippen LogP contribution in [0.4, 0.5) is 5.69 Å². The Balaban J connectivity index is 1.54. The molecule has 0 aromatic heterocycles. The molecule has 0 bridgehead atoms. The number of nitrogens with zero attached hydrogens (tertiary/aromatic N) is 1. The van der Waals surface area contributed by atoms with Gasteiger partial charge in [-0.15, -0.1) is 0 Å². The quantitative estimate of drug-likeness (QED) is 0.768. The highest BCUT2D eigenvalue weighted by atomic mass is 35.5. The lowest BCUT2D eigenvalue weighted by Gasteiger charge is -2.23. The molecule has 2 heterocycles. The van der Waals surface area contributed by atoms with Gasteiger partial charge in [-0.25, -0.2) is 0 Å². The first kappa shape index (κ1) is 18.5. The number of amides is 2. The molecule has 2 amide bonds. The fourth-order valence-corrected chi connectivity index (χ4v) is 3.93. The predicted molar refractivity (Wildman–Crippen MR) is 100 cm³/mol. The van der Waals surface area contributed by atoms with Crippen LogP contribution in [0.15, 0.2) is 18.2 Å². The number of hydrogen-bond donors (Lipinski definition) is 2. The second-order valence-corrected chi connectivity index (χ2v) is 7.56. The van der Waals surface area contributed by atoms with Gasteiger partial charge in [0.15, 0.2) is 0 Å². The lowest BCUT2D eigenvalue weighted by molar-refractivity contribution is -0.132. The van der Waals surface area contributed by atoms with E-state index in [-0.39, 0.29) is 11.8 Å². The summed E-state index contributed by atoms with van der Waals surface area (Å²) in [6.07, 6.45) is 3.84. The van der Waals surface area contributed by atoms with Crippen LogP contribution in [0.25, 0.3) is 0 Å². The predicted octanol–water partition coefficient (Wildman–Crippen LogP) is 2.85. The van der Waals surface area contributed by atoms with Crippen LogP contribution >= 0.6 is 23.2 Å². The van der Waals surface area contributed by atoms with Gasteiger partial charge in [0.25, 0.3) is 0 Å². The molecule has 5 nitrogen and oxygen atoms in total. The summed E-state index contributed by atoms with van der Waals surface area (Å²) in [7, 11) is 0.